The minimum atomic E-state index is -0.574. The van der Waals surface area contributed by atoms with E-state index in [1.54, 1.807) is 18.2 Å². The van der Waals surface area contributed by atoms with Crippen molar-refractivity contribution >= 4 is 40.7 Å². The standard InChI is InChI=1S/C17H14Cl2N2O5/c1-24-16-11(19)4-3-10(18)15(16)17(23)20-7-14(22)21-9-2-5-12-13(6-9)26-8-25-12/h2-6H,7-8H2,1H3,(H,20,23)(H,21,22). The third-order valence-electron chi connectivity index (χ3n) is 3.56. The molecule has 2 aromatic carbocycles. The first-order valence-corrected chi connectivity index (χ1v) is 8.25. The molecule has 9 heteroatoms. The second-order valence-corrected chi connectivity index (χ2v) is 6.05. The van der Waals surface area contributed by atoms with Gasteiger partial charge in [-0.05, 0) is 24.3 Å². The lowest BCUT2D eigenvalue weighted by molar-refractivity contribution is -0.115. The van der Waals surface area contributed by atoms with Gasteiger partial charge in [-0.3, -0.25) is 9.59 Å². The van der Waals surface area contributed by atoms with E-state index in [4.69, 9.17) is 37.4 Å². The second kappa shape index (κ2) is 7.72. The van der Waals surface area contributed by atoms with E-state index in [2.05, 4.69) is 10.6 Å². The van der Waals surface area contributed by atoms with Crippen molar-refractivity contribution in [2.45, 2.75) is 0 Å². The lowest BCUT2D eigenvalue weighted by Gasteiger charge is -2.12. The zero-order chi connectivity index (χ0) is 18.7. The fourth-order valence-electron chi connectivity index (χ4n) is 2.37. The molecule has 26 heavy (non-hydrogen) atoms. The lowest BCUT2D eigenvalue weighted by atomic mass is 10.2. The van der Waals surface area contributed by atoms with Crippen LogP contribution in [0.5, 0.6) is 17.2 Å². The maximum Gasteiger partial charge on any atom is 0.257 e. The first-order valence-electron chi connectivity index (χ1n) is 7.49. The molecule has 2 aromatic rings. The Kier molecular flexibility index (Phi) is 5.39. The van der Waals surface area contributed by atoms with Gasteiger partial charge in [0.05, 0.1) is 23.7 Å². The second-order valence-electron chi connectivity index (χ2n) is 5.24. The van der Waals surface area contributed by atoms with E-state index in [1.807, 2.05) is 0 Å². The van der Waals surface area contributed by atoms with Crippen LogP contribution in [0, 0.1) is 0 Å². The maximum atomic E-state index is 12.4. The first-order chi connectivity index (χ1) is 12.5. The van der Waals surface area contributed by atoms with E-state index in [9.17, 15) is 9.59 Å². The number of methoxy groups -OCH3 is 1. The van der Waals surface area contributed by atoms with Crippen molar-refractivity contribution in [2.24, 2.45) is 0 Å². The summed E-state index contributed by atoms with van der Waals surface area (Å²) < 4.78 is 15.6. The van der Waals surface area contributed by atoms with E-state index < -0.39 is 11.8 Å². The number of benzene rings is 2. The number of rotatable bonds is 5. The van der Waals surface area contributed by atoms with Crippen LogP contribution in [0.1, 0.15) is 10.4 Å². The van der Waals surface area contributed by atoms with Crippen LogP contribution in [-0.2, 0) is 4.79 Å². The summed E-state index contributed by atoms with van der Waals surface area (Å²) in [6, 6.07) is 8.00. The summed E-state index contributed by atoms with van der Waals surface area (Å²) in [7, 11) is 1.38. The highest BCUT2D eigenvalue weighted by atomic mass is 35.5. The number of nitrogens with one attached hydrogen (secondary N) is 2. The van der Waals surface area contributed by atoms with E-state index in [1.165, 1.54) is 19.2 Å². The van der Waals surface area contributed by atoms with Crippen LogP contribution in [0.4, 0.5) is 5.69 Å². The number of halogens is 2. The maximum absolute atomic E-state index is 12.4. The Labute approximate surface area is 159 Å². The molecule has 7 nitrogen and oxygen atoms in total. The van der Waals surface area contributed by atoms with E-state index >= 15 is 0 Å². The molecular weight excluding hydrogens is 383 g/mol. The van der Waals surface area contributed by atoms with Gasteiger partial charge in [-0.1, -0.05) is 23.2 Å². The first kappa shape index (κ1) is 18.2. The molecule has 0 unspecified atom stereocenters. The van der Waals surface area contributed by atoms with Crippen LogP contribution in [0.3, 0.4) is 0 Å². The van der Waals surface area contributed by atoms with Gasteiger partial charge in [-0.2, -0.15) is 0 Å². The zero-order valence-corrected chi connectivity index (χ0v) is 15.1. The Balaban J connectivity index is 1.63. The molecule has 0 spiro atoms. The SMILES string of the molecule is COc1c(Cl)ccc(Cl)c1C(=O)NCC(=O)Nc1ccc2c(c1)OCO2. The van der Waals surface area contributed by atoms with Crippen LogP contribution in [0.25, 0.3) is 0 Å². The number of hydrogen-bond acceptors (Lipinski definition) is 5. The number of carbonyl (C=O) groups excluding carboxylic acids is 2. The summed E-state index contributed by atoms with van der Waals surface area (Å²) >= 11 is 12.0. The molecule has 2 amide bonds. The molecule has 1 aliphatic rings. The Hall–Kier alpha value is -2.64. The monoisotopic (exact) mass is 396 g/mol. The quantitative estimate of drug-likeness (QED) is 0.810. The summed E-state index contributed by atoms with van der Waals surface area (Å²) in [5.41, 5.74) is 0.587. The van der Waals surface area contributed by atoms with Crippen molar-refractivity contribution in [3.63, 3.8) is 0 Å². The Bertz CT molecular complexity index is 872. The summed E-state index contributed by atoms with van der Waals surface area (Å²) in [5.74, 6) is 0.304. The predicted octanol–water partition coefficient (Wildman–Crippen LogP) is 3.10. The van der Waals surface area contributed by atoms with Crippen LogP contribution in [-0.4, -0.2) is 32.3 Å². The van der Waals surface area contributed by atoms with Gasteiger partial charge in [0.15, 0.2) is 17.2 Å². The molecule has 1 aliphatic heterocycles. The van der Waals surface area contributed by atoms with Crippen molar-refractivity contribution in [3.05, 3.63) is 45.9 Å². The minimum Gasteiger partial charge on any atom is -0.494 e. The molecule has 2 N–H and O–H groups in total. The average Bonchev–Trinajstić information content (AvgIpc) is 3.09. The molecule has 136 valence electrons. The number of amides is 2. The highest BCUT2D eigenvalue weighted by Crippen LogP contribution is 2.35. The molecule has 3 rings (SSSR count). The van der Waals surface area contributed by atoms with Crippen molar-refractivity contribution in [1.82, 2.24) is 5.32 Å². The minimum absolute atomic E-state index is 0.0672. The highest BCUT2D eigenvalue weighted by molar-refractivity contribution is 6.37. The molecular formula is C17H14Cl2N2O5. The van der Waals surface area contributed by atoms with Gasteiger partial charge in [0.2, 0.25) is 12.7 Å². The summed E-state index contributed by atoms with van der Waals surface area (Å²) in [6.07, 6.45) is 0. The molecule has 1 heterocycles. The molecule has 0 saturated carbocycles. The van der Waals surface area contributed by atoms with Crippen molar-refractivity contribution in [3.8, 4) is 17.2 Å². The van der Waals surface area contributed by atoms with Crippen LogP contribution in [0.15, 0.2) is 30.3 Å². The molecule has 0 radical (unpaired) electrons. The smallest absolute Gasteiger partial charge is 0.257 e. The van der Waals surface area contributed by atoms with E-state index in [-0.39, 0.29) is 34.7 Å². The fraction of sp³-hybridized carbons (Fsp3) is 0.176. The molecule has 0 aromatic heterocycles. The average molecular weight is 397 g/mol. The number of ether oxygens (including phenoxy) is 3. The third kappa shape index (κ3) is 3.79. The summed E-state index contributed by atoms with van der Waals surface area (Å²) in [5, 5.41) is 5.55. The number of fused-ring (bicyclic) bond motifs is 1. The van der Waals surface area contributed by atoms with E-state index in [0.717, 1.165) is 0 Å². The number of hydrogen-bond donors (Lipinski definition) is 2. The van der Waals surface area contributed by atoms with E-state index in [0.29, 0.717) is 17.2 Å². The predicted molar refractivity (Wildman–Crippen MR) is 96.5 cm³/mol. The van der Waals surface area contributed by atoms with Crippen molar-refractivity contribution in [2.75, 3.05) is 25.8 Å². The summed E-state index contributed by atoms with van der Waals surface area (Å²) in [6.45, 7) is -0.121. The summed E-state index contributed by atoms with van der Waals surface area (Å²) in [4.78, 5) is 24.4. The fourth-order valence-corrected chi connectivity index (χ4v) is 2.84. The lowest BCUT2D eigenvalue weighted by Crippen LogP contribution is -2.33. The van der Waals surface area contributed by atoms with Crippen LogP contribution in [0.2, 0.25) is 10.0 Å². The third-order valence-corrected chi connectivity index (χ3v) is 4.17. The van der Waals surface area contributed by atoms with Crippen LogP contribution < -0.4 is 24.8 Å². The zero-order valence-electron chi connectivity index (χ0n) is 13.6. The molecule has 0 fully saturated rings. The van der Waals surface area contributed by atoms with Gasteiger partial charge < -0.3 is 24.8 Å². The van der Waals surface area contributed by atoms with Gasteiger partial charge in [-0.15, -0.1) is 0 Å². The number of carbonyl (C=O) groups is 2. The largest absolute Gasteiger partial charge is 0.494 e. The topological polar surface area (TPSA) is 85.9 Å². The van der Waals surface area contributed by atoms with Crippen LogP contribution >= 0.6 is 23.2 Å². The Morgan fingerprint density at radius 1 is 1.12 bits per heavy atom. The molecule has 0 saturated heterocycles. The Morgan fingerprint density at radius 3 is 2.62 bits per heavy atom. The molecule has 0 bridgehead atoms. The normalized spacial score (nSPS) is 11.8. The van der Waals surface area contributed by atoms with Crippen molar-refractivity contribution < 1.29 is 23.8 Å². The molecule has 0 aliphatic carbocycles. The van der Waals surface area contributed by atoms with Gasteiger partial charge in [-0.25, -0.2) is 0 Å². The molecule has 0 atom stereocenters. The van der Waals surface area contributed by atoms with Crippen molar-refractivity contribution in [1.29, 1.82) is 0 Å². The van der Waals surface area contributed by atoms with Gasteiger partial charge in [0.1, 0.15) is 5.56 Å². The highest BCUT2D eigenvalue weighted by Gasteiger charge is 2.20. The van der Waals surface area contributed by atoms with Gasteiger partial charge >= 0.3 is 0 Å². The number of anilines is 1. The Morgan fingerprint density at radius 2 is 1.85 bits per heavy atom. The van der Waals surface area contributed by atoms with Gasteiger partial charge in [0, 0.05) is 11.8 Å². The van der Waals surface area contributed by atoms with Gasteiger partial charge in [0.25, 0.3) is 5.91 Å².